The molecule has 1 aromatic heterocycles. The van der Waals surface area contributed by atoms with Gasteiger partial charge in [0, 0.05) is 30.8 Å². The second kappa shape index (κ2) is 6.06. The lowest BCUT2D eigenvalue weighted by Gasteiger charge is -2.25. The second-order valence-electron chi connectivity index (χ2n) is 5.79. The first-order chi connectivity index (χ1) is 9.38. The lowest BCUT2D eigenvalue weighted by atomic mass is 9.97. The van der Waals surface area contributed by atoms with E-state index in [2.05, 4.69) is 28.1 Å². The summed E-state index contributed by atoms with van der Waals surface area (Å²) in [5.74, 6) is 0.654. The normalized spacial score (nSPS) is 24.4. The van der Waals surface area contributed by atoms with Crippen molar-refractivity contribution in [3.05, 3.63) is 17.7 Å². The Kier molecular flexibility index (Phi) is 4.18. The molecule has 3 rings (SSSR count). The van der Waals surface area contributed by atoms with Gasteiger partial charge in [-0.15, -0.1) is 0 Å². The van der Waals surface area contributed by atoms with E-state index in [0.29, 0.717) is 12.0 Å². The van der Waals surface area contributed by atoms with Crippen molar-refractivity contribution in [2.24, 2.45) is 5.92 Å². The standard InChI is InChI=1S/C15H25N3O/c1-2-16-14(12-7-8-19-10-12)9-18-11-17-13-5-3-4-6-15(13)18/h11-12,14,16H,2-10H2,1H3. The van der Waals surface area contributed by atoms with Crippen LogP contribution in [0.4, 0.5) is 0 Å². The zero-order chi connectivity index (χ0) is 13.1. The molecule has 1 saturated heterocycles. The van der Waals surface area contributed by atoms with Crippen molar-refractivity contribution >= 4 is 0 Å². The number of nitrogens with zero attached hydrogens (tertiary/aromatic N) is 2. The van der Waals surface area contributed by atoms with Gasteiger partial charge in [-0.2, -0.15) is 0 Å². The molecule has 0 amide bonds. The fourth-order valence-corrected chi connectivity index (χ4v) is 3.41. The molecule has 106 valence electrons. The first kappa shape index (κ1) is 13.1. The van der Waals surface area contributed by atoms with Gasteiger partial charge in [-0.25, -0.2) is 4.98 Å². The largest absolute Gasteiger partial charge is 0.381 e. The second-order valence-corrected chi connectivity index (χ2v) is 5.79. The van der Waals surface area contributed by atoms with Crippen LogP contribution in [-0.2, 0) is 24.1 Å². The highest BCUT2D eigenvalue weighted by Gasteiger charge is 2.26. The molecule has 0 spiro atoms. The fraction of sp³-hybridized carbons (Fsp3) is 0.800. The highest BCUT2D eigenvalue weighted by molar-refractivity contribution is 5.16. The van der Waals surface area contributed by atoms with Crippen molar-refractivity contribution < 1.29 is 4.74 Å². The van der Waals surface area contributed by atoms with Crippen molar-refractivity contribution in [1.29, 1.82) is 0 Å². The number of ether oxygens (including phenoxy) is 1. The quantitative estimate of drug-likeness (QED) is 0.880. The maximum absolute atomic E-state index is 5.55. The van der Waals surface area contributed by atoms with Gasteiger partial charge in [0.05, 0.1) is 18.6 Å². The third-order valence-corrected chi connectivity index (χ3v) is 4.50. The summed E-state index contributed by atoms with van der Waals surface area (Å²) in [6, 6.07) is 0.521. The van der Waals surface area contributed by atoms with Gasteiger partial charge in [0.2, 0.25) is 0 Å². The van der Waals surface area contributed by atoms with Crippen LogP contribution in [0.3, 0.4) is 0 Å². The van der Waals surface area contributed by atoms with Gasteiger partial charge >= 0.3 is 0 Å². The number of fused-ring (bicyclic) bond motifs is 1. The molecule has 1 fully saturated rings. The Morgan fingerprint density at radius 1 is 1.47 bits per heavy atom. The van der Waals surface area contributed by atoms with Crippen molar-refractivity contribution in [2.45, 2.75) is 51.6 Å². The van der Waals surface area contributed by atoms with Gasteiger partial charge in [0.1, 0.15) is 0 Å². The van der Waals surface area contributed by atoms with E-state index in [-0.39, 0.29) is 0 Å². The van der Waals surface area contributed by atoms with Crippen molar-refractivity contribution in [2.75, 3.05) is 19.8 Å². The molecule has 0 bridgehead atoms. The molecule has 0 aromatic carbocycles. The molecule has 1 aliphatic heterocycles. The van der Waals surface area contributed by atoms with E-state index in [4.69, 9.17) is 4.74 Å². The van der Waals surface area contributed by atoms with Crippen LogP contribution in [0.15, 0.2) is 6.33 Å². The van der Waals surface area contributed by atoms with Crippen LogP contribution >= 0.6 is 0 Å². The first-order valence-electron chi connectivity index (χ1n) is 7.72. The summed E-state index contributed by atoms with van der Waals surface area (Å²) >= 11 is 0. The number of aromatic nitrogens is 2. The Bertz CT molecular complexity index is 410. The van der Waals surface area contributed by atoms with Crippen molar-refractivity contribution in [1.82, 2.24) is 14.9 Å². The Morgan fingerprint density at radius 3 is 3.16 bits per heavy atom. The van der Waals surface area contributed by atoms with Crippen LogP contribution in [0.1, 0.15) is 37.6 Å². The zero-order valence-corrected chi connectivity index (χ0v) is 11.9. The lowest BCUT2D eigenvalue weighted by molar-refractivity contribution is 0.173. The highest BCUT2D eigenvalue weighted by atomic mass is 16.5. The number of likely N-dealkylation sites (N-methyl/N-ethyl adjacent to an activating group) is 1. The van der Waals surface area contributed by atoms with E-state index in [1.807, 2.05) is 0 Å². The molecule has 2 unspecified atom stereocenters. The number of hydrogen-bond acceptors (Lipinski definition) is 3. The predicted molar refractivity (Wildman–Crippen MR) is 75.3 cm³/mol. The molecule has 1 N–H and O–H groups in total. The van der Waals surface area contributed by atoms with E-state index in [1.165, 1.54) is 43.5 Å². The van der Waals surface area contributed by atoms with Crippen LogP contribution < -0.4 is 5.32 Å². The van der Waals surface area contributed by atoms with Crippen molar-refractivity contribution in [3.63, 3.8) is 0 Å². The Hall–Kier alpha value is -0.870. The van der Waals surface area contributed by atoms with Crippen LogP contribution in [0.5, 0.6) is 0 Å². The third-order valence-electron chi connectivity index (χ3n) is 4.50. The summed E-state index contributed by atoms with van der Waals surface area (Å²) in [4.78, 5) is 4.60. The molecule has 0 radical (unpaired) electrons. The summed E-state index contributed by atoms with van der Waals surface area (Å²) in [6.45, 7) is 6.09. The summed E-state index contributed by atoms with van der Waals surface area (Å²) in [6.07, 6.45) is 8.23. The van der Waals surface area contributed by atoms with Gasteiger partial charge < -0.3 is 14.6 Å². The maximum atomic E-state index is 5.55. The van der Waals surface area contributed by atoms with E-state index in [9.17, 15) is 0 Å². The summed E-state index contributed by atoms with van der Waals surface area (Å²) in [5.41, 5.74) is 2.82. The van der Waals surface area contributed by atoms with Crippen LogP contribution in [0.2, 0.25) is 0 Å². The van der Waals surface area contributed by atoms with Gasteiger partial charge in [-0.3, -0.25) is 0 Å². The molecule has 4 heteroatoms. The summed E-state index contributed by atoms with van der Waals surface area (Å²) in [5, 5.41) is 3.64. The molecule has 2 heterocycles. The average Bonchev–Trinajstić information content (AvgIpc) is 3.08. The van der Waals surface area contributed by atoms with Gasteiger partial charge in [-0.05, 0) is 38.6 Å². The first-order valence-corrected chi connectivity index (χ1v) is 7.72. The topological polar surface area (TPSA) is 39.1 Å². The van der Waals surface area contributed by atoms with E-state index in [1.54, 1.807) is 0 Å². The Balaban J connectivity index is 1.72. The number of nitrogens with one attached hydrogen (secondary N) is 1. The molecule has 0 saturated carbocycles. The molecular weight excluding hydrogens is 238 g/mol. The predicted octanol–water partition coefficient (Wildman–Crippen LogP) is 1.78. The van der Waals surface area contributed by atoms with Crippen LogP contribution in [0.25, 0.3) is 0 Å². The summed E-state index contributed by atoms with van der Waals surface area (Å²) < 4.78 is 7.94. The number of aryl methyl sites for hydroxylation is 1. The average molecular weight is 263 g/mol. The molecule has 19 heavy (non-hydrogen) atoms. The van der Waals surface area contributed by atoms with Gasteiger partial charge in [-0.1, -0.05) is 6.92 Å². The van der Waals surface area contributed by atoms with Crippen molar-refractivity contribution in [3.8, 4) is 0 Å². The lowest BCUT2D eigenvalue weighted by Crippen LogP contribution is -2.40. The minimum atomic E-state index is 0.521. The summed E-state index contributed by atoms with van der Waals surface area (Å²) in [7, 11) is 0. The molecule has 2 atom stereocenters. The monoisotopic (exact) mass is 263 g/mol. The number of imidazole rings is 1. The SMILES string of the molecule is CCNC(Cn1cnc2c1CCCC2)C1CCOC1. The van der Waals surface area contributed by atoms with Gasteiger partial charge in [0.25, 0.3) is 0 Å². The molecule has 1 aliphatic carbocycles. The number of hydrogen-bond donors (Lipinski definition) is 1. The van der Waals surface area contributed by atoms with Gasteiger partial charge in [0.15, 0.2) is 0 Å². The molecule has 4 nitrogen and oxygen atoms in total. The molecule has 1 aromatic rings. The smallest absolute Gasteiger partial charge is 0.0952 e. The number of rotatable bonds is 5. The van der Waals surface area contributed by atoms with E-state index >= 15 is 0 Å². The fourth-order valence-electron chi connectivity index (χ4n) is 3.41. The molecular formula is C15H25N3O. The van der Waals surface area contributed by atoms with Crippen LogP contribution in [-0.4, -0.2) is 35.4 Å². The Labute approximate surface area is 115 Å². The third kappa shape index (κ3) is 2.84. The zero-order valence-electron chi connectivity index (χ0n) is 11.9. The minimum absolute atomic E-state index is 0.521. The molecule has 2 aliphatic rings. The minimum Gasteiger partial charge on any atom is -0.381 e. The maximum Gasteiger partial charge on any atom is 0.0952 e. The van der Waals surface area contributed by atoms with E-state index in [0.717, 1.165) is 26.3 Å². The van der Waals surface area contributed by atoms with E-state index < -0.39 is 0 Å². The highest BCUT2D eigenvalue weighted by Crippen LogP contribution is 2.23. The van der Waals surface area contributed by atoms with Crippen LogP contribution in [0, 0.1) is 5.92 Å². The Morgan fingerprint density at radius 2 is 2.37 bits per heavy atom.